The van der Waals surface area contributed by atoms with Crippen molar-refractivity contribution in [3.63, 3.8) is 0 Å². The quantitative estimate of drug-likeness (QED) is 0.778. The first-order valence-corrected chi connectivity index (χ1v) is 7.93. The van der Waals surface area contributed by atoms with Gasteiger partial charge in [0.15, 0.2) is 5.82 Å². The van der Waals surface area contributed by atoms with Crippen LogP contribution in [0.15, 0.2) is 33.7 Å². The average Bonchev–Trinajstić information content (AvgIpc) is 3.04. The predicted molar refractivity (Wildman–Crippen MR) is 87.6 cm³/mol. The molecule has 0 saturated carbocycles. The fraction of sp³-hybridized carbons (Fsp3) is 0.500. The number of aliphatic hydroxyl groups is 1. The maximum absolute atomic E-state index is 11.9. The number of hydrogen-bond donors (Lipinski definition) is 2. The predicted octanol–water partition coefficient (Wildman–Crippen LogP) is 0.178. The molecule has 2 aromatic rings. The van der Waals surface area contributed by atoms with Crippen LogP contribution in [-0.4, -0.2) is 51.9 Å². The number of nitrogens with zero attached hydrogens (tertiary/aromatic N) is 3. The molecule has 8 heteroatoms. The molecule has 1 atom stereocenters. The number of hydrogen-bond acceptors (Lipinski definition) is 7. The fourth-order valence-corrected chi connectivity index (χ4v) is 2.69. The summed E-state index contributed by atoms with van der Waals surface area (Å²) in [5, 5.41) is 12.1. The van der Waals surface area contributed by atoms with Gasteiger partial charge in [-0.2, -0.15) is 0 Å². The summed E-state index contributed by atoms with van der Waals surface area (Å²) in [5.41, 5.74) is -0.155. The van der Waals surface area contributed by atoms with Crippen molar-refractivity contribution in [2.24, 2.45) is 7.05 Å². The van der Waals surface area contributed by atoms with Crippen LogP contribution in [0.3, 0.4) is 0 Å². The molecule has 0 aliphatic carbocycles. The van der Waals surface area contributed by atoms with E-state index in [1.54, 1.807) is 25.5 Å². The number of morpholine rings is 1. The second-order valence-electron chi connectivity index (χ2n) is 5.83. The van der Waals surface area contributed by atoms with Crippen LogP contribution < -0.4 is 10.9 Å². The lowest BCUT2D eigenvalue weighted by Gasteiger charge is -2.32. The number of aliphatic hydroxyl groups excluding tert-OH is 1. The van der Waals surface area contributed by atoms with Gasteiger partial charge in [-0.1, -0.05) is 0 Å². The van der Waals surface area contributed by atoms with Gasteiger partial charge in [0.25, 0.3) is 5.56 Å². The monoisotopic (exact) mass is 334 g/mol. The largest absolute Gasteiger partial charge is 0.462 e. The normalized spacial score (nSPS) is 18.7. The molecule has 2 aromatic heterocycles. The van der Waals surface area contributed by atoms with Crippen LogP contribution in [0.4, 0.5) is 5.82 Å². The Morgan fingerprint density at radius 2 is 2.25 bits per heavy atom. The van der Waals surface area contributed by atoms with Gasteiger partial charge in [0.1, 0.15) is 18.1 Å². The summed E-state index contributed by atoms with van der Waals surface area (Å²) in [4.78, 5) is 18.2. The minimum atomic E-state index is -0.155. The maximum Gasteiger partial charge on any atom is 0.293 e. The smallest absolute Gasteiger partial charge is 0.293 e. The molecular formula is C16H22N4O4. The van der Waals surface area contributed by atoms with Gasteiger partial charge in [-0.25, -0.2) is 4.98 Å². The van der Waals surface area contributed by atoms with Gasteiger partial charge in [-0.15, -0.1) is 0 Å². The Bertz CT molecular complexity index is 727. The first-order chi connectivity index (χ1) is 11.7. The third kappa shape index (κ3) is 4.02. The zero-order valence-electron chi connectivity index (χ0n) is 13.6. The number of aryl methyl sites for hydroxylation is 1. The molecule has 0 radical (unpaired) electrons. The van der Waals surface area contributed by atoms with E-state index < -0.39 is 0 Å². The molecule has 0 spiro atoms. The first kappa shape index (κ1) is 16.7. The Morgan fingerprint density at radius 3 is 3.04 bits per heavy atom. The van der Waals surface area contributed by atoms with Crippen molar-refractivity contribution >= 4 is 5.82 Å². The number of nitrogens with one attached hydrogen (secondary N) is 1. The van der Waals surface area contributed by atoms with Crippen molar-refractivity contribution in [2.75, 3.05) is 31.6 Å². The van der Waals surface area contributed by atoms with Crippen molar-refractivity contribution < 1.29 is 14.3 Å². The number of anilines is 1. The highest BCUT2D eigenvalue weighted by atomic mass is 16.5. The molecule has 1 unspecified atom stereocenters. The molecule has 0 bridgehead atoms. The van der Waals surface area contributed by atoms with Gasteiger partial charge in [0.05, 0.1) is 19.3 Å². The molecule has 1 aliphatic rings. The number of aromatic nitrogens is 2. The summed E-state index contributed by atoms with van der Waals surface area (Å²) in [5.74, 6) is 1.73. The van der Waals surface area contributed by atoms with Gasteiger partial charge in [-0.05, 0) is 12.1 Å². The van der Waals surface area contributed by atoms with E-state index in [4.69, 9.17) is 14.3 Å². The molecule has 0 amide bonds. The van der Waals surface area contributed by atoms with E-state index in [1.807, 2.05) is 6.07 Å². The lowest BCUT2D eigenvalue weighted by atomic mass is 10.2. The summed E-state index contributed by atoms with van der Waals surface area (Å²) in [7, 11) is 1.69. The van der Waals surface area contributed by atoms with Crippen molar-refractivity contribution in [2.45, 2.75) is 19.3 Å². The fourth-order valence-electron chi connectivity index (χ4n) is 2.69. The van der Waals surface area contributed by atoms with Crippen LogP contribution in [0.2, 0.25) is 0 Å². The van der Waals surface area contributed by atoms with Gasteiger partial charge < -0.3 is 24.1 Å². The zero-order valence-corrected chi connectivity index (χ0v) is 13.6. The molecule has 130 valence electrons. The van der Waals surface area contributed by atoms with Gasteiger partial charge >= 0.3 is 0 Å². The Balaban J connectivity index is 1.53. The van der Waals surface area contributed by atoms with Crippen molar-refractivity contribution in [1.82, 2.24) is 14.5 Å². The van der Waals surface area contributed by atoms with E-state index in [-0.39, 0.29) is 18.3 Å². The van der Waals surface area contributed by atoms with Crippen LogP contribution in [0.5, 0.6) is 0 Å². The molecule has 1 fully saturated rings. The zero-order chi connectivity index (χ0) is 16.9. The molecule has 1 saturated heterocycles. The molecule has 0 aromatic carbocycles. The van der Waals surface area contributed by atoms with E-state index in [2.05, 4.69) is 15.2 Å². The minimum Gasteiger partial charge on any atom is -0.462 e. The van der Waals surface area contributed by atoms with E-state index in [9.17, 15) is 4.79 Å². The summed E-state index contributed by atoms with van der Waals surface area (Å²) in [6.07, 6.45) is 3.18. The highest BCUT2D eigenvalue weighted by Crippen LogP contribution is 2.14. The standard InChI is InChI=1S/C16H22N4O4/c1-19-5-4-17-15(16(19)22)18-8-14-10-20(6-7-23-14)9-12-2-3-13(11-21)24-12/h2-5,14,21H,6-11H2,1H3,(H,17,18). The summed E-state index contributed by atoms with van der Waals surface area (Å²) in [6, 6.07) is 3.66. The third-order valence-electron chi connectivity index (χ3n) is 3.99. The molecule has 8 nitrogen and oxygen atoms in total. The summed E-state index contributed by atoms with van der Waals surface area (Å²) in [6.45, 7) is 3.27. The van der Waals surface area contributed by atoms with Crippen LogP contribution >= 0.6 is 0 Å². The van der Waals surface area contributed by atoms with Crippen molar-refractivity contribution in [3.05, 3.63) is 46.4 Å². The van der Waals surface area contributed by atoms with Crippen LogP contribution in [0, 0.1) is 0 Å². The lowest BCUT2D eigenvalue weighted by molar-refractivity contribution is -0.0260. The molecule has 1 aliphatic heterocycles. The Labute approximate surface area is 139 Å². The average molecular weight is 334 g/mol. The second-order valence-corrected chi connectivity index (χ2v) is 5.83. The minimum absolute atomic E-state index is 0.0299. The Kier molecular flexibility index (Phi) is 5.29. The maximum atomic E-state index is 11.9. The van der Waals surface area contributed by atoms with Crippen molar-refractivity contribution in [1.29, 1.82) is 0 Å². The number of furan rings is 1. The van der Waals surface area contributed by atoms with Crippen LogP contribution in [0.25, 0.3) is 0 Å². The Hall–Kier alpha value is -2.16. The first-order valence-electron chi connectivity index (χ1n) is 7.93. The van der Waals surface area contributed by atoms with Crippen LogP contribution in [0.1, 0.15) is 11.5 Å². The van der Waals surface area contributed by atoms with Gasteiger partial charge in [0, 0.05) is 39.1 Å². The summed E-state index contributed by atoms with van der Waals surface area (Å²) < 4.78 is 12.8. The highest BCUT2D eigenvalue weighted by molar-refractivity contribution is 5.30. The molecule has 3 rings (SSSR count). The second kappa shape index (κ2) is 7.61. The van der Waals surface area contributed by atoms with Crippen molar-refractivity contribution in [3.8, 4) is 0 Å². The van der Waals surface area contributed by atoms with Gasteiger partial charge in [0.2, 0.25) is 0 Å². The van der Waals surface area contributed by atoms with E-state index in [1.165, 1.54) is 4.57 Å². The topological polar surface area (TPSA) is 92.8 Å². The summed E-state index contributed by atoms with van der Waals surface area (Å²) >= 11 is 0. The van der Waals surface area contributed by atoms with E-state index >= 15 is 0 Å². The van der Waals surface area contributed by atoms with E-state index in [0.29, 0.717) is 31.3 Å². The van der Waals surface area contributed by atoms with Crippen LogP contribution in [-0.2, 0) is 24.9 Å². The van der Waals surface area contributed by atoms with Gasteiger partial charge in [-0.3, -0.25) is 9.69 Å². The molecule has 3 heterocycles. The molecular weight excluding hydrogens is 312 g/mol. The SMILES string of the molecule is Cn1ccnc(NCC2CN(Cc3ccc(CO)o3)CCO2)c1=O. The van der Waals surface area contributed by atoms with E-state index in [0.717, 1.165) is 18.8 Å². The Morgan fingerprint density at radius 1 is 1.42 bits per heavy atom. The number of rotatable bonds is 6. The number of ether oxygens (including phenoxy) is 1. The lowest BCUT2D eigenvalue weighted by Crippen LogP contribution is -2.45. The highest BCUT2D eigenvalue weighted by Gasteiger charge is 2.21. The molecule has 24 heavy (non-hydrogen) atoms. The third-order valence-corrected chi connectivity index (χ3v) is 3.99. The molecule has 2 N–H and O–H groups in total.